The summed E-state index contributed by atoms with van der Waals surface area (Å²) < 4.78 is 5.43. The number of anilines is 1. The average Bonchev–Trinajstić information content (AvgIpc) is 3.10. The molecule has 174 valence electrons. The summed E-state index contributed by atoms with van der Waals surface area (Å²) in [5.74, 6) is -0.715. The largest absolute Gasteiger partial charge is 0.459 e. The summed E-state index contributed by atoms with van der Waals surface area (Å²) in [5, 5.41) is 4.24. The molecule has 1 amide bonds. The van der Waals surface area contributed by atoms with Crippen molar-refractivity contribution in [3.8, 4) is 11.3 Å². The third-order valence-electron chi connectivity index (χ3n) is 5.78. The number of aryl methyl sites for hydroxylation is 2. The van der Waals surface area contributed by atoms with Crippen molar-refractivity contribution in [2.45, 2.75) is 47.1 Å². The Kier molecular flexibility index (Phi) is 6.80. The SMILES string of the molecule is CCc1ccc(-c2cc(C(=O)Nc3sc(C)c(C)c3C(=O)OC(C)C)c3ccccc3n2)cc1. The van der Waals surface area contributed by atoms with Crippen LogP contribution in [0.5, 0.6) is 0 Å². The lowest BCUT2D eigenvalue weighted by Gasteiger charge is -2.12. The third kappa shape index (κ3) is 4.73. The van der Waals surface area contributed by atoms with Crippen LogP contribution in [0.3, 0.4) is 0 Å². The maximum atomic E-state index is 13.5. The van der Waals surface area contributed by atoms with E-state index in [1.807, 2.05) is 70.2 Å². The van der Waals surface area contributed by atoms with Gasteiger partial charge in [0.1, 0.15) is 5.00 Å². The van der Waals surface area contributed by atoms with Crippen LogP contribution >= 0.6 is 11.3 Å². The topological polar surface area (TPSA) is 68.3 Å². The van der Waals surface area contributed by atoms with Crippen LogP contribution in [0, 0.1) is 13.8 Å². The molecule has 4 rings (SSSR count). The van der Waals surface area contributed by atoms with Crippen molar-refractivity contribution in [1.82, 2.24) is 4.98 Å². The second-order valence-corrected chi connectivity index (χ2v) is 9.74. The Morgan fingerprint density at radius 1 is 1.06 bits per heavy atom. The van der Waals surface area contributed by atoms with Gasteiger partial charge in [-0.1, -0.05) is 49.4 Å². The summed E-state index contributed by atoms with van der Waals surface area (Å²) >= 11 is 1.38. The lowest BCUT2D eigenvalue weighted by molar-refractivity contribution is 0.0379. The Bertz CT molecular complexity index is 1370. The van der Waals surface area contributed by atoms with Crippen molar-refractivity contribution in [2.75, 3.05) is 5.32 Å². The van der Waals surface area contributed by atoms with E-state index in [1.165, 1.54) is 16.9 Å². The van der Waals surface area contributed by atoms with Crippen molar-refractivity contribution < 1.29 is 14.3 Å². The van der Waals surface area contributed by atoms with Crippen molar-refractivity contribution in [2.24, 2.45) is 0 Å². The minimum Gasteiger partial charge on any atom is -0.459 e. The molecule has 0 atom stereocenters. The average molecular weight is 473 g/mol. The number of para-hydroxylation sites is 1. The van der Waals surface area contributed by atoms with Crippen LogP contribution in [0.2, 0.25) is 0 Å². The fourth-order valence-corrected chi connectivity index (χ4v) is 4.87. The van der Waals surface area contributed by atoms with Gasteiger partial charge in [-0.25, -0.2) is 9.78 Å². The molecule has 1 N–H and O–H groups in total. The third-order valence-corrected chi connectivity index (χ3v) is 6.90. The van der Waals surface area contributed by atoms with E-state index in [-0.39, 0.29) is 12.0 Å². The molecule has 0 aliphatic carbocycles. The number of carbonyl (C=O) groups excluding carboxylic acids is 2. The van der Waals surface area contributed by atoms with Crippen molar-refractivity contribution >= 4 is 39.1 Å². The number of thiophene rings is 1. The molecule has 0 fully saturated rings. The Morgan fingerprint density at radius 2 is 1.76 bits per heavy atom. The molecule has 0 saturated heterocycles. The number of nitrogens with one attached hydrogen (secondary N) is 1. The van der Waals surface area contributed by atoms with Crippen LogP contribution in [-0.2, 0) is 11.2 Å². The van der Waals surface area contributed by atoms with Gasteiger partial charge in [-0.05, 0) is 57.4 Å². The van der Waals surface area contributed by atoms with Crippen LogP contribution < -0.4 is 5.32 Å². The highest BCUT2D eigenvalue weighted by atomic mass is 32.1. The van der Waals surface area contributed by atoms with Gasteiger partial charge in [-0.15, -0.1) is 11.3 Å². The number of pyridine rings is 1. The van der Waals surface area contributed by atoms with Gasteiger partial charge in [0.2, 0.25) is 0 Å². The summed E-state index contributed by atoms with van der Waals surface area (Å²) in [7, 11) is 0. The lowest BCUT2D eigenvalue weighted by atomic mass is 10.0. The van der Waals surface area contributed by atoms with E-state index in [2.05, 4.69) is 24.4 Å². The highest BCUT2D eigenvalue weighted by Gasteiger charge is 2.24. The molecule has 0 radical (unpaired) electrons. The zero-order valence-electron chi connectivity index (χ0n) is 20.1. The Labute approximate surface area is 203 Å². The number of carbonyl (C=O) groups is 2. The number of ether oxygens (including phenoxy) is 1. The predicted molar refractivity (Wildman–Crippen MR) is 139 cm³/mol. The molecule has 0 bridgehead atoms. The van der Waals surface area contributed by atoms with Gasteiger partial charge >= 0.3 is 5.97 Å². The molecule has 5 nitrogen and oxygen atoms in total. The summed E-state index contributed by atoms with van der Waals surface area (Å²) in [5.41, 5.74) is 5.40. The van der Waals surface area contributed by atoms with Gasteiger partial charge in [0, 0.05) is 15.8 Å². The Balaban J connectivity index is 1.76. The molecule has 2 aromatic heterocycles. The number of aromatic nitrogens is 1. The first-order valence-electron chi connectivity index (χ1n) is 11.4. The molecule has 4 aromatic rings. The number of rotatable bonds is 6. The van der Waals surface area contributed by atoms with Crippen LogP contribution in [-0.4, -0.2) is 23.0 Å². The zero-order valence-corrected chi connectivity index (χ0v) is 20.9. The number of nitrogens with zero attached hydrogens (tertiary/aromatic N) is 1. The molecule has 0 saturated carbocycles. The molecular weight excluding hydrogens is 444 g/mol. The number of benzene rings is 2. The van der Waals surface area contributed by atoms with Gasteiger partial charge in [0.15, 0.2) is 0 Å². The Hall–Kier alpha value is -3.51. The number of esters is 1. The maximum absolute atomic E-state index is 13.5. The molecule has 2 aromatic carbocycles. The van der Waals surface area contributed by atoms with Crippen LogP contribution in [0.1, 0.15) is 57.5 Å². The molecule has 0 spiro atoms. The molecule has 34 heavy (non-hydrogen) atoms. The van der Waals surface area contributed by atoms with Crippen molar-refractivity contribution in [1.29, 1.82) is 0 Å². The van der Waals surface area contributed by atoms with E-state index in [0.29, 0.717) is 16.1 Å². The number of amides is 1. The molecular formula is C28H28N2O3S. The summed E-state index contributed by atoms with van der Waals surface area (Å²) in [6.45, 7) is 9.54. The molecule has 0 aliphatic rings. The van der Waals surface area contributed by atoms with Crippen molar-refractivity contribution in [3.05, 3.63) is 81.7 Å². The minimum absolute atomic E-state index is 0.249. The lowest BCUT2D eigenvalue weighted by Crippen LogP contribution is -2.17. The number of hydrogen-bond donors (Lipinski definition) is 1. The van der Waals surface area contributed by atoms with Gasteiger partial charge in [-0.2, -0.15) is 0 Å². The molecule has 6 heteroatoms. The molecule has 0 unspecified atom stereocenters. The summed E-state index contributed by atoms with van der Waals surface area (Å²) in [4.78, 5) is 32.1. The van der Waals surface area contributed by atoms with Crippen LogP contribution in [0.25, 0.3) is 22.2 Å². The first-order chi connectivity index (χ1) is 16.3. The van der Waals surface area contributed by atoms with Gasteiger partial charge < -0.3 is 10.1 Å². The summed E-state index contributed by atoms with van der Waals surface area (Å²) in [6.07, 6.45) is 0.710. The van der Waals surface area contributed by atoms with E-state index in [9.17, 15) is 9.59 Å². The van der Waals surface area contributed by atoms with E-state index in [0.717, 1.165) is 39.0 Å². The predicted octanol–water partition coefficient (Wildman–Crippen LogP) is 6.96. The quantitative estimate of drug-likeness (QED) is 0.308. The van der Waals surface area contributed by atoms with Crippen LogP contribution in [0.15, 0.2) is 54.6 Å². The minimum atomic E-state index is -0.427. The fraction of sp³-hybridized carbons (Fsp3) is 0.250. The van der Waals surface area contributed by atoms with Crippen LogP contribution in [0.4, 0.5) is 5.00 Å². The standard InChI is InChI=1S/C28H28N2O3S/c1-6-19-11-13-20(14-12-19)24-15-22(21-9-7-8-10-23(21)29-24)26(31)30-27-25(17(4)18(5)34-27)28(32)33-16(2)3/h7-16H,6H2,1-5H3,(H,30,31). The van der Waals surface area contributed by atoms with E-state index < -0.39 is 5.97 Å². The van der Waals surface area contributed by atoms with Gasteiger partial charge in [0.25, 0.3) is 5.91 Å². The van der Waals surface area contributed by atoms with E-state index in [1.54, 1.807) is 0 Å². The summed E-state index contributed by atoms with van der Waals surface area (Å²) in [6, 6.07) is 17.6. The smallest absolute Gasteiger partial charge is 0.341 e. The van der Waals surface area contributed by atoms with E-state index >= 15 is 0 Å². The number of hydrogen-bond acceptors (Lipinski definition) is 5. The number of fused-ring (bicyclic) bond motifs is 1. The highest BCUT2D eigenvalue weighted by Crippen LogP contribution is 2.34. The first kappa shape index (κ1) is 23.6. The maximum Gasteiger partial charge on any atom is 0.341 e. The van der Waals surface area contributed by atoms with E-state index in [4.69, 9.17) is 9.72 Å². The van der Waals surface area contributed by atoms with Gasteiger partial charge in [-0.3, -0.25) is 4.79 Å². The Morgan fingerprint density at radius 3 is 2.44 bits per heavy atom. The normalized spacial score (nSPS) is 11.1. The molecule has 2 heterocycles. The first-order valence-corrected chi connectivity index (χ1v) is 12.2. The van der Waals surface area contributed by atoms with Gasteiger partial charge in [0.05, 0.1) is 28.4 Å². The molecule has 0 aliphatic heterocycles. The zero-order chi connectivity index (χ0) is 24.4. The highest BCUT2D eigenvalue weighted by molar-refractivity contribution is 7.16. The fourth-order valence-electron chi connectivity index (χ4n) is 3.83. The monoisotopic (exact) mass is 472 g/mol. The second kappa shape index (κ2) is 9.77. The van der Waals surface area contributed by atoms with Crippen molar-refractivity contribution in [3.63, 3.8) is 0 Å². The second-order valence-electron chi connectivity index (χ2n) is 8.52.